The molecule has 1 N–H and O–H groups in total. The molecule has 1 heterocycles. The maximum atomic E-state index is 14.1. The molecule has 1 amide bonds. The van der Waals surface area contributed by atoms with Crippen molar-refractivity contribution < 1.29 is 32.4 Å². The van der Waals surface area contributed by atoms with Crippen molar-refractivity contribution in [2.24, 2.45) is 0 Å². The quantitative estimate of drug-likeness (QED) is 0.485. The maximum Gasteiger partial charge on any atom is 0.422 e. The topological polar surface area (TPSA) is 93.9 Å². The molecule has 1 saturated heterocycles. The Bertz CT molecular complexity index is 920. The first kappa shape index (κ1) is 23.7. The van der Waals surface area contributed by atoms with Crippen molar-refractivity contribution in [3.8, 4) is 5.75 Å². The van der Waals surface area contributed by atoms with Crippen LogP contribution in [0.5, 0.6) is 5.75 Å². The van der Waals surface area contributed by atoms with Gasteiger partial charge < -0.3 is 14.4 Å². The summed E-state index contributed by atoms with van der Waals surface area (Å²) in [5.74, 6) is -0.399. The van der Waals surface area contributed by atoms with Crippen LogP contribution in [0.15, 0.2) is 23.9 Å². The zero-order valence-electron chi connectivity index (χ0n) is 18.1. The van der Waals surface area contributed by atoms with Crippen LogP contribution in [0.1, 0.15) is 52.0 Å². The Morgan fingerprint density at radius 3 is 2.53 bits per heavy atom. The van der Waals surface area contributed by atoms with Crippen LogP contribution in [0.3, 0.4) is 0 Å². The lowest BCUT2D eigenvalue weighted by atomic mass is 10.0. The highest BCUT2D eigenvalue weighted by Gasteiger charge is 2.44. The van der Waals surface area contributed by atoms with Gasteiger partial charge in [-0.15, -0.1) is 0 Å². The second-order valence-corrected chi connectivity index (χ2v) is 8.85. The highest BCUT2D eigenvalue weighted by molar-refractivity contribution is 5.73. The van der Waals surface area contributed by atoms with Crippen LogP contribution in [-0.2, 0) is 10.9 Å². The lowest BCUT2D eigenvalue weighted by molar-refractivity contribution is -0.384. The minimum absolute atomic E-state index is 0.00734. The molecule has 0 bridgehead atoms. The zero-order chi connectivity index (χ0) is 23.7. The van der Waals surface area contributed by atoms with Crippen LogP contribution in [0, 0.1) is 10.1 Å². The summed E-state index contributed by atoms with van der Waals surface area (Å²) < 4.78 is 52.8. The number of piperidine rings is 1. The van der Waals surface area contributed by atoms with Crippen LogP contribution in [-0.4, -0.2) is 35.8 Å². The first-order valence-electron chi connectivity index (χ1n) is 10.3. The molecule has 0 atom stereocenters. The van der Waals surface area contributed by atoms with Crippen molar-refractivity contribution in [3.05, 3.63) is 39.6 Å². The van der Waals surface area contributed by atoms with E-state index in [2.05, 4.69) is 5.32 Å². The lowest BCUT2D eigenvalue weighted by Crippen LogP contribution is -2.35. The summed E-state index contributed by atoms with van der Waals surface area (Å²) in [7, 11) is 0. The van der Waals surface area contributed by atoms with Gasteiger partial charge >= 0.3 is 12.3 Å². The number of alkyl carbamates (subject to hydrolysis) is 1. The van der Waals surface area contributed by atoms with Gasteiger partial charge in [-0.3, -0.25) is 15.4 Å². The maximum absolute atomic E-state index is 14.1. The Kier molecular flexibility index (Phi) is 6.56. The smallest absolute Gasteiger partial charge is 0.422 e. The molecule has 1 aromatic rings. The third-order valence-corrected chi connectivity index (χ3v) is 4.85. The van der Waals surface area contributed by atoms with Crippen LogP contribution in [0.25, 0.3) is 0 Å². The van der Waals surface area contributed by atoms with E-state index in [1.54, 1.807) is 20.8 Å². The Labute approximate surface area is 183 Å². The summed E-state index contributed by atoms with van der Waals surface area (Å²) in [6.07, 6.45) is -2.16. The Morgan fingerprint density at radius 1 is 1.28 bits per heavy atom. The summed E-state index contributed by atoms with van der Waals surface area (Å²) in [4.78, 5) is 24.0. The molecule has 11 heteroatoms. The van der Waals surface area contributed by atoms with Gasteiger partial charge in [-0.1, -0.05) is 0 Å². The van der Waals surface area contributed by atoms with Gasteiger partial charge in [0.15, 0.2) is 0 Å². The van der Waals surface area contributed by atoms with Gasteiger partial charge in [0.1, 0.15) is 22.6 Å². The minimum Gasteiger partial charge on any atom is -0.490 e. The van der Waals surface area contributed by atoms with E-state index in [0.717, 1.165) is 12.1 Å². The van der Waals surface area contributed by atoms with Gasteiger partial charge in [0.25, 0.3) is 5.69 Å². The number of benzene rings is 1. The van der Waals surface area contributed by atoms with Gasteiger partial charge in [-0.2, -0.15) is 13.2 Å². The van der Waals surface area contributed by atoms with Gasteiger partial charge in [0.2, 0.25) is 0 Å². The summed E-state index contributed by atoms with van der Waals surface area (Å²) in [5.41, 5.74) is -2.37. The van der Waals surface area contributed by atoms with Crippen molar-refractivity contribution in [3.63, 3.8) is 0 Å². The number of nitro groups is 1. The Morgan fingerprint density at radius 2 is 1.97 bits per heavy atom. The molecule has 32 heavy (non-hydrogen) atoms. The molecule has 1 aromatic carbocycles. The van der Waals surface area contributed by atoms with Crippen LogP contribution in [0.4, 0.5) is 29.3 Å². The third-order valence-electron chi connectivity index (χ3n) is 4.85. The molecule has 0 aromatic heterocycles. The number of nitrogens with one attached hydrogen (secondary N) is 1. The first-order chi connectivity index (χ1) is 14.8. The molecule has 3 rings (SSSR count). The normalized spacial score (nSPS) is 18.4. The molecule has 8 nitrogen and oxygen atoms in total. The molecule has 1 aliphatic carbocycles. The van der Waals surface area contributed by atoms with E-state index in [-0.39, 0.29) is 19.2 Å². The fourth-order valence-electron chi connectivity index (χ4n) is 3.44. The number of alkyl halides is 3. The number of halogens is 3. The van der Waals surface area contributed by atoms with Crippen molar-refractivity contribution in [1.82, 2.24) is 5.32 Å². The minimum atomic E-state index is -4.85. The molecule has 1 aliphatic heterocycles. The molecular weight excluding hydrogens is 431 g/mol. The number of hydrogen-bond donors (Lipinski definition) is 1. The fourth-order valence-corrected chi connectivity index (χ4v) is 3.44. The molecule has 1 saturated carbocycles. The molecule has 0 spiro atoms. The highest BCUT2D eigenvalue weighted by atomic mass is 19.4. The third kappa shape index (κ3) is 6.04. The monoisotopic (exact) mass is 457 g/mol. The molecule has 2 fully saturated rings. The fraction of sp³-hybridized carbons (Fsp3) is 0.571. The van der Waals surface area contributed by atoms with Crippen molar-refractivity contribution in [1.29, 1.82) is 0 Å². The molecule has 0 radical (unpaired) electrons. The lowest BCUT2D eigenvalue weighted by Gasteiger charge is -2.32. The van der Waals surface area contributed by atoms with E-state index in [9.17, 15) is 28.1 Å². The first-order valence-corrected chi connectivity index (χ1v) is 10.3. The number of nitro benzene ring substituents is 1. The zero-order valence-corrected chi connectivity index (χ0v) is 18.1. The standard InChI is InChI=1S/C21H26F3N3O5/c1-20(2,3)32-19(28)25-11-13-5-4-10-26(12-13)18-15(27(29)30)8-9-16(31-14-6-7-14)17(18)21(22,23)24/h8-9,11,14H,4-7,10,12H2,1-3H3,(H,25,28)/b13-11-. The van der Waals surface area contributed by atoms with Gasteiger partial charge in [0, 0.05) is 25.4 Å². The van der Waals surface area contributed by atoms with E-state index < -0.39 is 45.5 Å². The van der Waals surface area contributed by atoms with E-state index in [1.807, 2.05) is 0 Å². The van der Waals surface area contributed by atoms with Crippen LogP contribution < -0.4 is 15.0 Å². The largest absolute Gasteiger partial charge is 0.490 e. The molecule has 2 aliphatic rings. The van der Waals surface area contributed by atoms with Crippen LogP contribution in [0.2, 0.25) is 0 Å². The molecular formula is C21H26F3N3O5. The average Bonchev–Trinajstić information content (AvgIpc) is 3.48. The summed E-state index contributed by atoms with van der Waals surface area (Å²) in [6.45, 7) is 5.30. The van der Waals surface area contributed by atoms with Crippen molar-refractivity contribution >= 4 is 17.5 Å². The number of amides is 1. The predicted molar refractivity (Wildman–Crippen MR) is 111 cm³/mol. The van der Waals surface area contributed by atoms with Gasteiger partial charge in [-0.05, 0) is 58.1 Å². The number of ether oxygens (including phenoxy) is 2. The second-order valence-electron chi connectivity index (χ2n) is 8.85. The number of anilines is 1. The summed E-state index contributed by atoms with van der Waals surface area (Å²) in [6, 6.07) is 2.08. The SMILES string of the molecule is CC(C)(C)OC(=O)N/C=C1/CCCN(c2c([N+](=O)[O-])ccc(OC3CC3)c2C(F)(F)F)C1. The van der Waals surface area contributed by atoms with E-state index in [4.69, 9.17) is 9.47 Å². The number of nitrogens with zero attached hydrogens (tertiary/aromatic N) is 2. The second kappa shape index (κ2) is 8.87. The van der Waals surface area contributed by atoms with Gasteiger partial charge in [0.05, 0.1) is 11.0 Å². The Hall–Kier alpha value is -2.98. The Balaban J connectivity index is 1.93. The summed E-state index contributed by atoms with van der Waals surface area (Å²) in [5, 5.41) is 14.1. The van der Waals surface area contributed by atoms with Crippen molar-refractivity contribution in [2.75, 3.05) is 18.0 Å². The van der Waals surface area contributed by atoms with E-state index >= 15 is 0 Å². The predicted octanol–water partition coefficient (Wildman–Crippen LogP) is 5.16. The average molecular weight is 457 g/mol. The molecule has 176 valence electrons. The summed E-state index contributed by atoms with van der Waals surface area (Å²) >= 11 is 0. The van der Waals surface area contributed by atoms with E-state index in [1.165, 1.54) is 11.1 Å². The number of carbonyl (C=O) groups is 1. The molecule has 0 unspecified atom stereocenters. The number of rotatable bonds is 5. The van der Waals surface area contributed by atoms with Gasteiger partial charge in [-0.25, -0.2) is 4.79 Å². The van der Waals surface area contributed by atoms with Crippen molar-refractivity contribution in [2.45, 2.75) is 64.3 Å². The highest BCUT2D eigenvalue weighted by Crippen LogP contribution is 2.49. The van der Waals surface area contributed by atoms with Crippen LogP contribution >= 0.6 is 0 Å². The number of hydrogen-bond acceptors (Lipinski definition) is 6. The number of carbonyl (C=O) groups excluding carboxylic acids is 1. The van der Waals surface area contributed by atoms with E-state index in [0.29, 0.717) is 31.3 Å².